The Kier molecular flexibility index (Phi) is 4.05. The first-order chi connectivity index (χ1) is 8.70. The van der Waals surface area contributed by atoms with Crippen molar-refractivity contribution in [1.82, 2.24) is 5.32 Å². The molecule has 2 aromatic rings. The van der Waals surface area contributed by atoms with Crippen LogP contribution in [0.15, 0.2) is 47.3 Å². The third kappa shape index (κ3) is 2.93. The van der Waals surface area contributed by atoms with Gasteiger partial charge in [0.05, 0.1) is 17.9 Å². The normalized spacial score (nSPS) is 12.1. The van der Waals surface area contributed by atoms with Gasteiger partial charge in [0.2, 0.25) is 0 Å². The smallest absolute Gasteiger partial charge is 0.255 e. The SMILES string of the molecule is CC[C@@H](NC(=O)c1ccoc1)c1ccc(Cl)cc1. The molecule has 0 aliphatic rings. The fourth-order valence-electron chi connectivity index (χ4n) is 1.75. The van der Waals surface area contributed by atoms with Gasteiger partial charge in [-0.05, 0) is 30.2 Å². The Bertz CT molecular complexity index is 505. The highest BCUT2D eigenvalue weighted by Crippen LogP contribution is 2.19. The van der Waals surface area contributed by atoms with Crippen molar-refractivity contribution in [3.63, 3.8) is 0 Å². The lowest BCUT2D eigenvalue weighted by molar-refractivity contribution is 0.0935. The van der Waals surface area contributed by atoms with Crippen LogP contribution < -0.4 is 5.32 Å². The molecule has 2 rings (SSSR count). The summed E-state index contributed by atoms with van der Waals surface area (Å²) in [5.74, 6) is -0.134. The topological polar surface area (TPSA) is 42.2 Å². The molecule has 0 unspecified atom stereocenters. The van der Waals surface area contributed by atoms with Gasteiger partial charge in [0.15, 0.2) is 0 Å². The minimum absolute atomic E-state index is 0.0235. The van der Waals surface area contributed by atoms with Crippen molar-refractivity contribution in [1.29, 1.82) is 0 Å². The van der Waals surface area contributed by atoms with Crippen LogP contribution in [0, 0.1) is 0 Å². The predicted octanol–water partition coefficient (Wildman–Crippen LogP) is 3.81. The molecule has 4 heteroatoms. The molecule has 0 saturated heterocycles. The Hall–Kier alpha value is -1.74. The third-order valence-electron chi connectivity index (χ3n) is 2.77. The molecule has 94 valence electrons. The van der Waals surface area contributed by atoms with Crippen molar-refractivity contribution >= 4 is 17.5 Å². The second-order valence-corrected chi connectivity index (χ2v) is 4.43. The summed E-state index contributed by atoms with van der Waals surface area (Å²) in [7, 11) is 0. The molecule has 0 radical (unpaired) electrons. The number of hydrogen-bond donors (Lipinski definition) is 1. The maximum absolute atomic E-state index is 11.9. The number of nitrogens with one attached hydrogen (secondary N) is 1. The summed E-state index contributed by atoms with van der Waals surface area (Å²) in [6, 6.07) is 9.11. The number of amides is 1. The minimum Gasteiger partial charge on any atom is -0.472 e. The van der Waals surface area contributed by atoms with Crippen LogP contribution in [-0.4, -0.2) is 5.91 Å². The van der Waals surface area contributed by atoms with Gasteiger partial charge in [-0.1, -0.05) is 30.7 Å². The van der Waals surface area contributed by atoms with Crippen LogP contribution >= 0.6 is 11.6 Å². The van der Waals surface area contributed by atoms with Gasteiger partial charge in [-0.15, -0.1) is 0 Å². The quantitative estimate of drug-likeness (QED) is 0.911. The summed E-state index contributed by atoms with van der Waals surface area (Å²) in [6.45, 7) is 2.02. The molecule has 0 bridgehead atoms. The predicted molar refractivity (Wildman–Crippen MR) is 70.7 cm³/mol. The van der Waals surface area contributed by atoms with E-state index < -0.39 is 0 Å². The van der Waals surface area contributed by atoms with E-state index in [9.17, 15) is 4.79 Å². The molecule has 1 heterocycles. The van der Waals surface area contributed by atoms with E-state index in [1.165, 1.54) is 12.5 Å². The first-order valence-corrected chi connectivity index (χ1v) is 6.17. The largest absolute Gasteiger partial charge is 0.472 e. The van der Waals surface area contributed by atoms with Gasteiger partial charge in [0, 0.05) is 5.02 Å². The second-order valence-electron chi connectivity index (χ2n) is 4.00. The molecule has 0 spiro atoms. The standard InChI is InChI=1S/C14H14ClNO2/c1-2-13(10-3-5-12(15)6-4-10)16-14(17)11-7-8-18-9-11/h3-9,13H,2H2,1H3,(H,16,17)/t13-/m1/s1. The molecule has 0 aliphatic heterocycles. The van der Waals surface area contributed by atoms with Gasteiger partial charge in [0.25, 0.3) is 5.91 Å². The van der Waals surface area contributed by atoms with Gasteiger partial charge in [-0.25, -0.2) is 0 Å². The number of hydrogen-bond acceptors (Lipinski definition) is 2. The molecule has 1 N–H and O–H groups in total. The Labute approximate surface area is 111 Å². The van der Waals surface area contributed by atoms with Gasteiger partial charge < -0.3 is 9.73 Å². The zero-order chi connectivity index (χ0) is 13.0. The number of halogens is 1. The summed E-state index contributed by atoms with van der Waals surface area (Å²) < 4.78 is 4.89. The second kappa shape index (κ2) is 5.74. The van der Waals surface area contributed by atoms with E-state index in [2.05, 4.69) is 5.32 Å². The molecular weight excluding hydrogens is 250 g/mol. The van der Waals surface area contributed by atoms with Gasteiger partial charge in [-0.2, -0.15) is 0 Å². The van der Waals surface area contributed by atoms with Crippen molar-refractivity contribution in [2.45, 2.75) is 19.4 Å². The Morgan fingerprint density at radius 2 is 2.06 bits per heavy atom. The first-order valence-electron chi connectivity index (χ1n) is 5.79. The highest BCUT2D eigenvalue weighted by molar-refractivity contribution is 6.30. The highest BCUT2D eigenvalue weighted by atomic mass is 35.5. The lowest BCUT2D eigenvalue weighted by atomic mass is 10.0. The summed E-state index contributed by atoms with van der Waals surface area (Å²) in [4.78, 5) is 11.9. The van der Waals surface area contributed by atoms with Crippen molar-refractivity contribution in [3.05, 3.63) is 59.0 Å². The Balaban J connectivity index is 2.10. The average Bonchev–Trinajstić information content (AvgIpc) is 2.91. The van der Waals surface area contributed by atoms with E-state index in [0.29, 0.717) is 10.6 Å². The lowest BCUT2D eigenvalue weighted by Gasteiger charge is -2.17. The summed E-state index contributed by atoms with van der Waals surface area (Å²) in [5.41, 5.74) is 1.57. The minimum atomic E-state index is -0.134. The molecular formula is C14H14ClNO2. The molecule has 3 nitrogen and oxygen atoms in total. The zero-order valence-corrected chi connectivity index (χ0v) is 10.8. The van der Waals surface area contributed by atoms with Crippen molar-refractivity contribution in [3.8, 4) is 0 Å². The number of benzene rings is 1. The van der Waals surface area contributed by atoms with E-state index >= 15 is 0 Å². The van der Waals surface area contributed by atoms with E-state index in [4.69, 9.17) is 16.0 Å². The molecule has 1 atom stereocenters. The van der Waals surface area contributed by atoms with Gasteiger partial charge in [0.1, 0.15) is 6.26 Å². The van der Waals surface area contributed by atoms with Crippen LogP contribution in [0.1, 0.15) is 35.3 Å². The Morgan fingerprint density at radius 3 is 2.61 bits per heavy atom. The van der Waals surface area contributed by atoms with E-state index in [1.807, 2.05) is 31.2 Å². The maximum atomic E-state index is 11.9. The van der Waals surface area contributed by atoms with Gasteiger partial charge in [-0.3, -0.25) is 4.79 Å². The molecule has 1 aromatic carbocycles. The third-order valence-corrected chi connectivity index (χ3v) is 3.02. The van der Waals surface area contributed by atoms with E-state index in [-0.39, 0.29) is 11.9 Å². The Morgan fingerprint density at radius 1 is 1.33 bits per heavy atom. The first kappa shape index (κ1) is 12.7. The molecule has 1 amide bonds. The van der Waals surface area contributed by atoms with Crippen LogP contribution in [0.3, 0.4) is 0 Å². The van der Waals surface area contributed by atoms with E-state index in [1.54, 1.807) is 6.07 Å². The van der Waals surface area contributed by atoms with Crippen LogP contribution in [0.4, 0.5) is 0 Å². The van der Waals surface area contributed by atoms with Gasteiger partial charge >= 0.3 is 0 Å². The maximum Gasteiger partial charge on any atom is 0.255 e. The average molecular weight is 264 g/mol. The fraction of sp³-hybridized carbons (Fsp3) is 0.214. The fourth-order valence-corrected chi connectivity index (χ4v) is 1.88. The van der Waals surface area contributed by atoms with Crippen LogP contribution in [-0.2, 0) is 0 Å². The monoisotopic (exact) mass is 263 g/mol. The van der Waals surface area contributed by atoms with Crippen molar-refractivity contribution < 1.29 is 9.21 Å². The van der Waals surface area contributed by atoms with Crippen molar-refractivity contribution in [2.75, 3.05) is 0 Å². The molecule has 18 heavy (non-hydrogen) atoms. The number of furan rings is 1. The molecule has 1 aromatic heterocycles. The van der Waals surface area contributed by atoms with Crippen LogP contribution in [0.5, 0.6) is 0 Å². The zero-order valence-electron chi connectivity index (χ0n) is 10.0. The number of carbonyl (C=O) groups excluding carboxylic acids is 1. The number of rotatable bonds is 4. The summed E-state index contributed by atoms with van der Waals surface area (Å²) >= 11 is 5.85. The molecule has 0 aliphatic carbocycles. The van der Waals surface area contributed by atoms with Crippen LogP contribution in [0.25, 0.3) is 0 Å². The van der Waals surface area contributed by atoms with Crippen LogP contribution in [0.2, 0.25) is 5.02 Å². The number of carbonyl (C=O) groups is 1. The van der Waals surface area contributed by atoms with E-state index in [0.717, 1.165) is 12.0 Å². The highest BCUT2D eigenvalue weighted by Gasteiger charge is 2.14. The van der Waals surface area contributed by atoms with Crippen molar-refractivity contribution in [2.24, 2.45) is 0 Å². The molecule has 0 fully saturated rings. The summed E-state index contributed by atoms with van der Waals surface area (Å²) in [5, 5.41) is 3.65. The molecule has 0 saturated carbocycles. The summed E-state index contributed by atoms with van der Waals surface area (Å²) in [6.07, 6.45) is 3.73. The lowest BCUT2D eigenvalue weighted by Crippen LogP contribution is -2.27.